The summed E-state index contributed by atoms with van der Waals surface area (Å²) in [6.45, 7) is 4.86. The molecular weight excluding hydrogens is 412 g/mol. The average Bonchev–Trinajstić information content (AvgIpc) is 3.51. The van der Waals surface area contributed by atoms with Crippen LogP contribution in [0.3, 0.4) is 0 Å². The predicted molar refractivity (Wildman–Crippen MR) is 132 cm³/mol. The number of fused-ring (bicyclic) bond motifs is 2. The van der Waals surface area contributed by atoms with E-state index in [9.17, 15) is 4.79 Å². The van der Waals surface area contributed by atoms with Gasteiger partial charge in [0.05, 0.1) is 6.61 Å². The molecule has 6 heteroatoms. The van der Waals surface area contributed by atoms with Crippen LogP contribution in [-0.4, -0.2) is 67.1 Å². The minimum Gasteiger partial charge on any atom is -0.492 e. The number of hydrogen-bond acceptors (Lipinski definition) is 4. The molecule has 0 aliphatic carbocycles. The zero-order chi connectivity index (χ0) is 22.4. The van der Waals surface area contributed by atoms with Crippen LogP contribution in [0.4, 0.5) is 5.82 Å². The van der Waals surface area contributed by atoms with Gasteiger partial charge in [0, 0.05) is 67.6 Å². The standard InChI is InChI=1S/C27H28N4O2/c1-30-9-11-31(12-10-30)27(32)20-6-2-5-19(14-20)21-15-23-24(17-29-26(23)28-16-21)22-7-3-4-18-8-13-33-25(18)22/h2-7,14-15,17,28-29H,8-13,16H2,1H3. The monoisotopic (exact) mass is 440 g/mol. The summed E-state index contributed by atoms with van der Waals surface area (Å²) in [5, 5.41) is 3.52. The van der Waals surface area contributed by atoms with E-state index in [1.807, 2.05) is 23.1 Å². The fourth-order valence-corrected chi connectivity index (χ4v) is 5.02. The normalized spacial score (nSPS) is 17.6. The molecule has 4 heterocycles. The molecule has 2 N–H and O–H groups in total. The molecule has 0 saturated carbocycles. The molecule has 1 saturated heterocycles. The van der Waals surface area contributed by atoms with E-state index in [0.717, 1.165) is 78.6 Å². The Bertz CT molecular complexity index is 1250. The summed E-state index contributed by atoms with van der Waals surface area (Å²) in [6, 6.07) is 14.4. The van der Waals surface area contributed by atoms with Gasteiger partial charge in [-0.3, -0.25) is 4.79 Å². The molecule has 33 heavy (non-hydrogen) atoms. The molecule has 3 aliphatic heterocycles. The first-order valence-corrected chi connectivity index (χ1v) is 11.7. The summed E-state index contributed by atoms with van der Waals surface area (Å²) in [5.74, 6) is 2.14. The number of rotatable bonds is 3. The van der Waals surface area contributed by atoms with Gasteiger partial charge in [-0.1, -0.05) is 30.3 Å². The van der Waals surface area contributed by atoms with Crippen molar-refractivity contribution < 1.29 is 9.53 Å². The second-order valence-corrected chi connectivity index (χ2v) is 9.08. The van der Waals surface area contributed by atoms with Gasteiger partial charge in [0.15, 0.2) is 0 Å². The number of carbonyl (C=O) groups excluding carboxylic acids is 1. The van der Waals surface area contributed by atoms with Crippen LogP contribution < -0.4 is 10.1 Å². The van der Waals surface area contributed by atoms with Gasteiger partial charge in [0.1, 0.15) is 11.6 Å². The second kappa shape index (κ2) is 8.12. The number of ether oxygens (including phenoxy) is 1. The highest BCUT2D eigenvalue weighted by molar-refractivity contribution is 5.99. The minimum absolute atomic E-state index is 0.120. The van der Waals surface area contributed by atoms with E-state index in [-0.39, 0.29) is 5.91 Å². The fraction of sp³-hybridized carbons (Fsp3) is 0.296. The second-order valence-electron chi connectivity index (χ2n) is 9.08. The highest BCUT2D eigenvalue weighted by Crippen LogP contribution is 2.42. The van der Waals surface area contributed by atoms with Gasteiger partial charge >= 0.3 is 0 Å². The number of hydrogen-bond donors (Lipinski definition) is 2. The molecule has 1 aromatic heterocycles. The summed E-state index contributed by atoms with van der Waals surface area (Å²) in [4.78, 5) is 20.7. The Balaban J connectivity index is 1.32. The molecule has 0 spiro atoms. The summed E-state index contributed by atoms with van der Waals surface area (Å²) < 4.78 is 5.96. The van der Waals surface area contributed by atoms with E-state index >= 15 is 0 Å². The smallest absolute Gasteiger partial charge is 0.253 e. The maximum atomic E-state index is 13.1. The van der Waals surface area contributed by atoms with Crippen LogP contribution >= 0.6 is 0 Å². The molecule has 3 aromatic rings. The van der Waals surface area contributed by atoms with Gasteiger partial charge in [-0.05, 0) is 42.0 Å². The van der Waals surface area contributed by atoms with Gasteiger partial charge in [0.25, 0.3) is 5.91 Å². The number of benzene rings is 2. The van der Waals surface area contributed by atoms with Crippen LogP contribution in [0.2, 0.25) is 0 Å². The Morgan fingerprint density at radius 2 is 1.88 bits per heavy atom. The third kappa shape index (κ3) is 3.60. The summed E-state index contributed by atoms with van der Waals surface area (Å²) in [5.41, 5.74) is 7.67. The van der Waals surface area contributed by atoms with E-state index < -0.39 is 0 Å². The van der Waals surface area contributed by atoms with Crippen molar-refractivity contribution in [3.05, 3.63) is 70.9 Å². The third-order valence-electron chi connectivity index (χ3n) is 6.97. The SMILES string of the molecule is CN1CCN(C(=O)c2cccc(C3=Cc4c(-c5cccc6c5OCC6)c[nH]c4NC3)c2)CC1. The Morgan fingerprint density at radius 1 is 1.03 bits per heavy atom. The van der Waals surface area contributed by atoms with Crippen molar-refractivity contribution in [2.24, 2.45) is 0 Å². The van der Waals surface area contributed by atoms with Crippen molar-refractivity contribution in [3.63, 3.8) is 0 Å². The predicted octanol–water partition coefficient (Wildman–Crippen LogP) is 3.97. The molecule has 0 unspecified atom stereocenters. The quantitative estimate of drug-likeness (QED) is 0.647. The van der Waals surface area contributed by atoms with Crippen molar-refractivity contribution in [1.82, 2.24) is 14.8 Å². The highest BCUT2D eigenvalue weighted by atomic mass is 16.5. The van der Waals surface area contributed by atoms with Crippen LogP contribution in [0.1, 0.15) is 27.0 Å². The molecule has 1 amide bonds. The van der Waals surface area contributed by atoms with Gasteiger partial charge < -0.3 is 24.8 Å². The maximum absolute atomic E-state index is 13.1. The van der Waals surface area contributed by atoms with E-state index in [0.29, 0.717) is 6.54 Å². The summed E-state index contributed by atoms with van der Waals surface area (Å²) >= 11 is 0. The molecule has 0 bridgehead atoms. The highest BCUT2D eigenvalue weighted by Gasteiger charge is 2.24. The van der Waals surface area contributed by atoms with Crippen LogP contribution in [0.15, 0.2) is 48.7 Å². The number of aromatic amines is 1. The zero-order valence-electron chi connectivity index (χ0n) is 18.9. The number of H-pyrrole nitrogens is 1. The molecule has 6 nitrogen and oxygen atoms in total. The van der Waals surface area contributed by atoms with Crippen LogP contribution in [0.5, 0.6) is 5.75 Å². The van der Waals surface area contributed by atoms with Gasteiger partial charge in [-0.2, -0.15) is 0 Å². The fourth-order valence-electron chi connectivity index (χ4n) is 5.02. The Hall–Kier alpha value is -3.51. The van der Waals surface area contributed by atoms with Crippen molar-refractivity contribution in [3.8, 4) is 16.9 Å². The number of aromatic nitrogens is 1. The van der Waals surface area contributed by atoms with E-state index in [2.05, 4.69) is 58.8 Å². The zero-order valence-corrected chi connectivity index (χ0v) is 18.9. The largest absolute Gasteiger partial charge is 0.492 e. The number of piperazine rings is 1. The lowest BCUT2D eigenvalue weighted by Gasteiger charge is -2.32. The summed E-state index contributed by atoms with van der Waals surface area (Å²) in [6.07, 6.45) is 5.26. The van der Waals surface area contributed by atoms with Crippen molar-refractivity contribution in [2.75, 3.05) is 51.7 Å². The molecule has 1 fully saturated rings. The van der Waals surface area contributed by atoms with Crippen molar-refractivity contribution >= 4 is 23.4 Å². The third-order valence-corrected chi connectivity index (χ3v) is 6.97. The van der Waals surface area contributed by atoms with Crippen molar-refractivity contribution in [2.45, 2.75) is 6.42 Å². The van der Waals surface area contributed by atoms with Crippen molar-refractivity contribution in [1.29, 1.82) is 0 Å². The first-order valence-electron chi connectivity index (χ1n) is 11.7. The number of anilines is 1. The van der Waals surface area contributed by atoms with Crippen LogP contribution in [0, 0.1) is 0 Å². The lowest BCUT2D eigenvalue weighted by molar-refractivity contribution is 0.0664. The van der Waals surface area contributed by atoms with E-state index in [1.54, 1.807) is 0 Å². The molecule has 0 atom stereocenters. The number of nitrogens with one attached hydrogen (secondary N) is 2. The number of amides is 1. The molecule has 0 radical (unpaired) electrons. The van der Waals surface area contributed by atoms with Gasteiger partial charge in [-0.25, -0.2) is 0 Å². The van der Waals surface area contributed by atoms with Gasteiger partial charge in [-0.15, -0.1) is 0 Å². The Kier molecular flexibility index (Phi) is 4.95. The first-order chi connectivity index (χ1) is 16.2. The first kappa shape index (κ1) is 20.1. The molecule has 3 aliphatic rings. The number of likely N-dealkylation sites (N-methyl/N-ethyl adjacent to an activating group) is 1. The van der Waals surface area contributed by atoms with Crippen LogP contribution in [-0.2, 0) is 6.42 Å². The summed E-state index contributed by atoms with van der Waals surface area (Å²) in [7, 11) is 2.10. The molecular formula is C27H28N4O2. The molecule has 168 valence electrons. The number of para-hydroxylation sites is 1. The van der Waals surface area contributed by atoms with E-state index in [1.165, 1.54) is 11.1 Å². The van der Waals surface area contributed by atoms with E-state index in [4.69, 9.17) is 4.74 Å². The average molecular weight is 441 g/mol. The Labute approximate surface area is 193 Å². The molecule has 6 rings (SSSR count). The lowest BCUT2D eigenvalue weighted by atomic mass is 9.94. The number of carbonyl (C=O) groups is 1. The molecule has 2 aromatic carbocycles. The Morgan fingerprint density at radius 3 is 2.76 bits per heavy atom. The minimum atomic E-state index is 0.120. The van der Waals surface area contributed by atoms with Crippen LogP contribution in [0.25, 0.3) is 22.8 Å². The number of nitrogens with zero attached hydrogens (tertiary/aromatic N) is 2. The van der Waals surface area contributed by atoms with Gasteiger partial charge in [0.2, 0.25) is 0 Å². The topological polar surface area (TPSA) is 60.6 Å². The lowest BCUT2D eigenvalue weighted by Crippen LogP contribution is -2.47. The maximum Gasteiger partial charge on any atom is 0.253 e.